The first-order valence-corrected chi connectivity index (χ1v) is 9.26. The molecule has 2 bridgehead atoms. The minimum atomic E-state index is -0.129. The van der Waals surface area contributed by atoms with E-state index < -0.39 is 0 Å². The molecule has 1 aromatic rings. The van der Waals surface area contributed by atoms with Crippen LogP contribution in [0.5, 0.6) is 0 Å². The van der Waals surface area contributed by atoms with Crippen LogP contribution in [0.3, 0.4) is 0 Å². The highest BCUT2D eigenvalue weighted by Gasteiger charge is 2.58. The molecular weight excluding hydrogens is 324 g/mol. The largest absolute Gasteiger partial charge is 0.351 e. The van der Waals surface area contributed by atoms with E-state index in [1.807, 2.05) is 19.1 Å². The molecule has 4 rings (SSSR count). The molecule has 1 aliphatic heterocycles. The van der Waals surface area contributed by atoms with Gasteiger partial charge in [0.25, 0.3) is 5.91 Å². The zero-order chi connectivity index (χ0) is 16.8. The van der Waals surface area contributed by atoms with E-state index in [9.17, 15) is 14.4 Å². The van der Waals surface area contributed by atoms with Crippen LogP contribution in [0.15, 0.2) is 24.3 Å². The third-order valence-corrected chi connectivity index (χ3v) is 6.37. The maximum absolute atomic E-state index is 12.5. The van der Waals surface area contributed by atoms with E-state index in [2.05, 4.69) is 17.5 Å². The Morgan fingerprint density at radius 2 is 1.88 bits per heavy atom. The Morgan fingerprint density at radius 3 is 2.46 bits per heavy atom. The van der Waals surface area contributed by atoms with Gasteiger partial charge in [0.05, 0.1) is 16.7 Å². The van der Waals surface area contributed by atoms with E-state index in [0.717, 1.165) is 11.3 Å². The molecule has 126 valence electrons. The fourth-order valence-electron chi connectivity index (χ4n) is 4.27. The molecule has 0 radical (unpaired) electrons. The lowest BCUT2D eigenvalue weighted by atomic mass is 9.85. The predicted octanol–water partition coefficient (Wildman–Crippen LogP) is 1.98. The standard InChI is InChI=1S/C18H20N2O3S/c1-10-3-6-13(24-10)16(21)19-7-2-8-20-17(22)14-11-4-5-12(9-11)15(14)18(20)23/h3-6,11-12,14-15H,2,7-9H2,1H3,(H,19,21). The fraction of sp³-hybridized carbons (Fsp3) is 0.500. The second-order valence-electron chi connectivity index (χ2n) is 6.85. The highest BCUT2D eigenvalue weighted by molar-refractivity contribution is 7.13. The molecule has 1 aromatic heterocycles. The monoisotopic (exact) mass is 344 g/mol. The lowest BCUT2D eigenvalue weighted by Crippen LogP contribution is -2.35. The van der Waals surface area contributed by atoms with Crippen LogP contribution in [-0.2, 0) is 9.59 Å². The molecule has 24 heavy (non-hydrogen) atoms. The van der Waals surface area contributed by atoms with Crippen LogP contribution in [0.1, 0.15) is 27.4 Å². The summed E-state index contributed by atoms with van der Waals surface area (Å²) in [6, 6.07) is 3.73. The summed E-state index contributed by atoms with van der Waals surface area (Å²) in [6.45, 7) is 2.83. The zero-order valence-electron chi connectivity index (χ0n) is 13.5. The quantitative estimate of drug-likeness (QED) is 0.505. The Hall–Kier alpha value is -1.95. The molecule has 1 saturated heterocycles. The van der Waals surface area contributed by atoms with E-state index in [1.54, 1.807) is 0 Å². The van der Waals surface area contributed by atoms with Crippen molar-refractivity contribution in [2.75, 3.05) is 13.1 Å². The lowest BCUT2D eigenvalue weighted by molar-refractivity contribution is -0.140. The van der Waals surface area contributed by atoms with Gasteiger partial charge in [0, 0.05) is 18.0 Å². The molecule has 0 aromatic carbocycles. The van der Waals surface area contributed by atoms with E-state index in [0.29, 0.717) is 24.4 Å². The van der Waals surface area contributed by atoms with Crippen LogP contribution in [0.25, 0.3) is 0 Å². The Kier molecular flexibility index (Phi) is 3.79. The summed E-state index contributed by atoms with van der Waals surface area (Å²) in [4.78, 5) is 40.2. The first-order chi connectivity index (χ1) is 11.6. The van der Waals surface area contributed by atoms with Crippen LogP contribution >= 0.6 is 11.3 Å². The first kappa shape index (κ1) is 15.6. The third-order valence-electron chi connectivity index (χ3n) is 5.37. The van der Waals surface area contributed by atoms with Crippen LogP contribution in [0.2, 0.25) is 0 Å². The summed E-state index contributed by atoms with van der Waals surface area (Å²) in [5.41, 5.74) is 0. The fourth-order valence-corrected chi connectivity index (χ4v) is 5.05. The van der Waals surface area contributed by atoms with Gasteiger partial charge in [-0.1, -0.05) is 12.2 Å². The number of hydrogen-bond acceptors (Lipinski definition) is 4. The first-order valence-electron chi connectivity index (χ1n) is 8.44. The van der Waals surface area contributed by atoms with E-state index in [4.69, 9.17) is 0 Å². The van der Waals surface area contributed by atoms with E-state index in [-0.39, 0.29) is 41.4 Å². The van der Waals surface area contributed by atoms with Gasteiger partial charge in [-0.05, 0) is 43.7 Å². The van der Waals surface area contributed by atoms with Crippen molar-refractivity contribution in [3.05, 3.63) is 34.0 Å². The summed E-state index contributed by atoms with van der Waals surface area (Å²) in [7, 11) is 0. The highest BCUT2D eigenvalue weighted by atomic mass is 32.1. The molecule has 6 heteroatoms. The topological polar surface area (TPSA) is 66.5 Å². The lowest BCUT2D eigenvalue weighted by Gasteiger charge is -2.17. The number of imide groups is 1. The van der Waals surface area contributed by atoms with Crippen molar-refractivity contribution >= 4 is 29.1 Å². The Balaban J connectivity index is 1.29. The van der Waals surface area contributed by atoms with Crippen molar-refractivity contribution < 1.29 is 14.4 Å². The number of nitrogens with one attached hydrogen (secondary N) is 1. The maximum atomic E-state index is 12.5. The van der Waals surface area contributed by atoms with Crippen LogP contribution < -0.4 is 5.32 Å². The maximum Gasteiger partial charge on any atom is 0.261 e. The van der Waals surface area contributed by atoms with Crippen molar-refractivity contribution in [2.24, 2.45) is 23.7 Å². The second kappa shape index (κ2) is 5.84. The second-order valence-corrected chi connectivity index (χ2v) is 8.14. The number of carbonyl (C=O) groups excluding carboxylic acids is 3. The van der Waals surface area contributed by atoms with Gasteiger partial charge >= 0.3 is 0 Å². The van der Waals surface area contributed by atoms with Crippen molar-refractivity contribution in [1.29, 1.82) is 0 Å². The van der Waals surface area contributed by atoms with Gasteiger partial charge in [-0.25, -0.2) is 0 Å². The molecule has 3 aliphatic rings. The molecule has 2 fully saturated rings. The number of allylic oxidation sites excluding steroid dienone is 2. The van der Waals surface area contributed by atoms with E-state index in [1.165, 1.54) is 16.2 Å². The van der Waals surface area contributed by atoms with Crippen LogP contribution in [0.4, 0.5) is 0 Å². The molecular formula is C18H20N2O3S. The Labute approximate surface area is 144 Å². The van der Waals surface area contributed by atoms with Crippen LogP contribution in [0, 0.1) is 30.6 Å². The minimum absolute atomic E-state index is 0.0120. The number of aryl methyl sites for hydroxylation is 1. The molecule has 4 atom stereocenters. The van der Waals surface area contributed by atoms with Gasteiger partial charge in [-0.3, -0.25) is 19.3 Å². The number of hydrogen-bond donors (Lipinski definition) is 1. The normalized spacial score (nSPS) is 30.3. The number of fused-ring (bicyclic) bond motifs is 5. The summed E-state index contributed by atoms with van der Waals surface area (Å²) in [6.07, 6.45) is 5.75. The molecule has 1 N–H and O–H groups in total. The molecule has 4 unspecified atom stereocenters. The summed E-state index contributed by atoms with van der Waals surface area (Å²) >= 11 is 1.46. The van der Waals surface area contributed by atoms with Crippen molar-refractivity contribution in [2.45, 2.75) is 19.8 Å². The van der Waals surface area contributed by atoms with Gasteiger partial charge in [0.1, 0.15) is 0 Å². The van der Waals surface area contributed by atoms with Gasteiger partial charge < -0.3 is 5.32 Å². The van der Waals surface area contributed by atoms with Gasteiger partial charge in [-0.2, -0.15) is 0 Å². The van der Waals surface area contributed by atoms with Crippen molar-refractivity contribution in [3.8, 4) is 0 Å². The number of carbonyl (C=O) groups is 3. The summed E-state index contributed by atoms with van der Waals surface area (Å²) in [5.74, 6) is 0.134. The van der Waals surface area contributed by atoms with Crippen molar-refractivity contribution in [3.63, 3.8) is 0 Å². The molecule has 2 heterocycles. The number of rotatable bonds is 5. The molecule has 2 aliphatic carbocycles. The number of thiophene rings is 1. The number of nitrogens with zero attached hydrogens (tertiary/aromatic N) is 1. The molecule has 3 amide bonds. The Bertz CT molecular complexity index is 708. The molecule has 1 saturated carbocycles. The smallest absolute Gasteiger partial charge is 0.261 e. The van der Waals surface area contributed by atoms with E-state index >= 15 is 0 Å². The van der Waals surface area contributed by atoms with Crippen LogP contribution in [-0.4, -0.2) is 35.7 Å². The van der Waals surface area contributed by atoms with Gasteiger partial charge in [0.2, 0.25) is 11.8 Å². The number of amides is 3. The highest BCUT2D eigenvalue weighted by Crippen LogP contribution is 2.52. The van der Waals surface area contributed by atoms with Crippen molar-refractivity contribution in [1.82, 2.24) is 10.2 Å². The third kappa shape index (κ3) is 2.40. The molecule has 0 spiro atoms. The molecule has 5 nitrogen and oxygen atoms in total. The SMILES string of the molecule is Cc1ccc(C(=O)NCCCN2C(=O)C3C4C=CC(C4)C3C2=O)s1. The summed E-state index contributed by atoms with van der Waals surface area (Å²) in [5, 5.41) is 2.86. The van der Waals surface area contributed by atoms with Gasteiger partial charge in [-0.15, -0.1) is 11.3 Å². The Morgan fingerprint density at radius 1 is 1.21 bits per heavy atom. The predicted molar refractivity (Wildman–Crippen MR) is 90.4 cm³/mol. The van der Waals surface area contributed by atoms with Gasteiger partial charge in [0.15, 0.2) is 0 Å². The number of likely N-dealkylation sites (tertiary alicyclic amines) is 1. The summed E-state index contributed by atoms with van der Waals surface area (Å²) < 4.78 is 0. The average molecular weight is 344 g/mol. The zero-order valence-corrected chi connectivity index (χ0v) is 14.3. The average Bonchev–Trinajstić information content (AvgIpc) is 3.31. The minimum Gasteiger partial charge on any atom is -0.351 e.